The van der Waals surface area contributed by atoms with E-state index in [9.17, 15) is 25.2 Å². The third-order valence-corrected chi connectivity index (χ3v) is 3.35. The quantitative estimate of drug-likeness (QED) is 0.406. The fourth-order valence-electron chi connectivity index (χ4n) is 2.19. The van der Waals surface area contributed by atoms with Crippen LogP contribution >= 0.6 is 0 Å². The lowest BCUT2D eigenvalue weighted by atomic mass is 9.99. The number of rotatable bonds is 6. The number of carbonyl (C=O) groups excluding carboxylic acids is 1. The zero-order valence-electron chi connectivity index (χ0n) is 12.1. The summed E-state index contributed by atoms with van der Waals surface area (Å²) >= 11 is 0. The van der Waals surface area contributed by atoms with E-state index in [0.717, 1.165) is 0 Å². The molecule has 0 spiro atoms. The van der Waals surface area contributed by atoms with Crippen LogP contribution in [-0.2, 0) is 14.3 Å². The number of ether oxygens (including phenoxy) is 3. The Morgan fingerprint density at radius 3 is 2.48 bits per heavy atom. The molecule has 23 heavy (non-hydrogen) atoms. The Labute approximate surface area is 131 Å². The lowest BCUT2D eigenvalue weighted by molar-refractivity contribution is -0.320. The predicted octanol–water partition coefficient (Wildman–Crippen LogP) is -2.78. The first-order valence-electron chi connectivity index (χ1n) is 6.88. The fraction of sp³-hybridized carbons (Fsp3) is 0.500. The number of carbonyl (C=O) groups is 1. The van der Waals surface area contributed by atoms with E-state index in [1.807, 2.05) is 0 Å². The summed E-state index contributed by atoms with van der Waals surface area (Å²) in [5.41, 5.74) is 6.07. The van der Waals surface area contributed by atoms with Crippen LogP contribution in [0.15, 0.2) is 24.3 Å². The number of benzene rings is 1. The Kier molecular flexibility index (Phi) is 5.74. The Balaban J connectivity index is 2.11. The molecule has 9 heteroatoms. The lowest BCUT2D eigenvalue weighted by Crippen LogP contribution is -2.61. The normalized spacial score (nSPS) is 30.8. The molecule has 0 aliphatic carbocycles. The van der Waals surface area contributed by atoms with Crippen molar-refractivity contribution in [3.05, 3.63) is 24.3 Å². The smallest absolute Gasteiger partial charge is 0.229 e. The van der Waals surface area contributed by atoms with Crippen LogP contribution in [0, 0.1) is 0 Å². The summed E-state index contributed by atoms with van der Waals surface area (Å²) in [6, 6.07) is 6.24. The van der Waals surface area contributed by atoms with Crippen LogP contribution < -0.4 is 15.6 Å². The SMILES string of the molecule is Nc1ccc(O[C@@H]2O[C@H](CO)[C@H](O)[C@H](OCC(=O)[O-])[C@H]2O)cc1. The van der Waals surface area contributed by atoms with Crippen LogP contribution in [0.3, 0.4) is 0 Å². The monoisotopic (exact) mass is 328 g/mol. The highest BCUT2D eigenvalue weighted by Crippen LogP contribution is 2.26. The van der Waals surface area contributed by atoms with Gasteiger partial charge in [-0.15, -0.1) is 0 Å². The number of aliphatic carboxylic acids is 1. The highest BCUT2D eigenvalue weighted by atomic mass is 16.7. The Morgan fingerprint density at radius 1 is 1.26 bits per heavy atom. The van der Waals surface area contributed by atoms with Gasteiger partial charge in [0, 0.05) is 5.69 Å². The van der Waals surface area contributed by atoms with Gasteiger partial charge in [-0.25, -0.2) is 0 Å². The molecular weight excluding hydrogens is 310 g/mol. The highest BCUT2D eigenvalue weighted by molar-refractivity contribution is 5.65. The van der Waals surface area contributed by atoms with Crippen molar-refractivity contribution in [3.8, 4) is 5.75 Å². The third kappa shape index (κ3) is 4.30. The minimum atomic E-state index is -1.51. The molecule has 0 radical (unpaired) electrons. The lowest BCUT2D eigenvalue weighted by Gasteiger charge is -2.41. The van der Waals surface area contributed by atoms with E-state index in [0.29, 0.717) is 11.4 Å². The van der Waals surface area contributed by atoms with Crippen molar-refractivity contribution in [2.75, 3.05) is 18.9 Å². The van der Waals surface area contributed by atoms with E-state index in [2.05, 4.69) is 0 Å². The molecular formula is C14H18NO8-. The average Bonchev–Trinajstić information content (AvgIpc) is 2.51. The summed E-state index contributed by atoms with van der Waals surface area (Å²) in [5.74, 6) is -1.18. The predicted molar refractivity (Wildman–Crippen MR) is 74.0 cm³/mol. The fourth-order valence-corrected chi connectivity index (χ4v) is 2.19. The molecule has 1 saturated heterocycles. The van der Waals surface area contributed by atoms with Gasteiger partial charge in [0.2, 0.25) is 6.29 Å². The van der Waals surface area contributed by atoms with Gasteiger partial charge in [-0.2, -0.15) is 0 Å². The van der Waals surface area contributed by atoms with Crippen molar-refractivity contribution in [2.45, 2.75) is 30.7 Å². The number of hydrogen-bond acceptors (Lipinski definition) is 9. The molecule has 1 aromatic rings. The van der Waals surface area contributed by atoms with Crippen LogP contribution in [-0.4, -0.2) is 65.2 Å². The minimum Gasteiger partial charge on any atom is -0.548 e. The van der Waals surface area contributed by atoms with E-state index < -0.39 is 49.9 Å². The summed E-state index contributed by atoms with van der Waals surface area (Å²) in [6.07, 6.45) is -6.61. The van der Waals surface area contributed by atoms with Crippen molar-refractivity contribution < 1.29 is 39.4 Å². The largest absolute Gasteiger partial charge is 0.548 e. The molecule has 0 bridgehead atoms. The van der Waals surface area contributed by atoms with Crippen LogP contribution in [0.2, 0.25) is 0 Å². The number of carboxylic acid groups (broad SMARTS) is 1. The maximum Gasteiger partial charge on any atom is 0.229 e. The van der Waals surface area contributed by atoms with E-state index in [1.54, 1.807) is 24.3 Å². The van der Waals surface area contributed by atoms with E-state index in [-0.39, 0.29) is 0 Å². The second kappa shape index (κ2) is 7.57. The van der Waals surface area contributed by atoms with Crippen LogP contribution in [0.1, 0.15) is 0 Å². The van der Waals surface area contributed by atoms with E-state index in [4.69, 9.17) is 19.9 Å². The topological polar surface area (TPSA) is 155 Å². The Morgan fingerprint density at radius 2 is 1.91 bits per heavy atom. The summed E-state index contributed by atoms with van der Waals surface area (Å²) in [4.78, 5) is 10.5. The minimum absolute atomic E-state index is 0.329. The molecule has 0 saturated carbocycles. The molecule has 0 amide bonds. The highest BCUT2D eigenvalue weighted by Gasteiger charge is 2.46. The maximum absolute atomic E-state index is 10.5. The molecule has 2 rings (SSSR count). The number of carboxylic acids is 1. The van der Waals surface area contributed by atoms with Gasteiger partial charge >= 0.3 is 0 Å². The first-order chi connectivity index (χ1) is 10.9. The van der Waals surface area contributed by atoms with Gasteiger partial charge in [0.1, 0.15) is 30.2 Å². The Hall–Kier alpha value is -1.91. The molecule has 128 valence electrons. The van der Waals surface area contributed by atoms with Crippen LogP contribution in [0.4, 0.5) is 5.69 Å². The van der Waals surface area contributed by atoms with E-state index >= 15 is 0 Å². The maximum atomic E-state index is 10.5. The Bertz CT molecular complexity index is 522. The zero-order valence-corrected chi connectivity index (χ0v) is 12.1. The van der Waals surface area contributed by atoms with Gasteiger partial charge in [0.05, 0.1) is 19.2 Å². The summed E-state index contributed by atoms with van der Waals surface area (Å²) in [6.45, 7) is -1.40. The number of aliphatic hydroxyl groups is 3. The van der Waals surface area contributed by atoms with Gasteiger partial charge in [-0.05, 0) is 24.3 Å². The first kappa shape index (κ1) is 17.4. The second-order valence-electron chi connectivity index (χ2n) is 5.04. The molecule has 1 heterocycles. The van der Waals surface area contributed by atoms with Gasteiger partial charge in [-0.1, -0.05) is 0 Å². The second-order valence-corrected chi connectivity index (χ2v) is 5.04. The van der Waals surface area contributed by atoms with Crippen molar-refractivity contribution in [1.29, 1.82) is 0 Å². The van der Waals surface area contributed by atoms with Crippen molar-refractivity contribution in [2.24, 2.45) is 0 Å². The third-order valence-electron chi connectivity index (χ3n) is 3.35. The molecule has 0 aromatic heterocycles. The summed E-state index contributed by atoms with van der Waals surface area (Å²) in [5, 5.41) is 39.9. The zero-order chi connectivity index (χ0) is 17.0. The standard InChI is InChI=1S/C14H19NO8/c15-7-1-3-8(4-2-7)22-14-12(20)13(21-6-10(17)18)11(19)9(5-16)23-14/h1-4,9,11-14,16,19-20H,5-6,15H2,(H,17,18)/p-1/t9-,11+,12-,13+,14-/m1/s1. The van der Waals surface area contributed by atoms with Gasteiger partial charge in [0.15, 0.2) is 0 Å². The van der Waals surface area contributed by atoms with Crippen molar-refractivity contribution in [3.63, 3.8) is 0 Å². The molecule has 1 aromatic carbocycles. The number of hydrogen-bond donors (Lipinski definition) is 4. The molecule has 1 aliphatic rings. The molecule has 9 nitrogen and oxygen atoms in total. The molecule has 1 aliphatic heterocycles. The van der Waals surface area contributed by atoms with Crippen molar-refractivity contribution in [1.82, 2.24) is 0 Å². The van der Waals surface area contributed by atoms with Gasteiger partial charge < -0.3 is 45.2 Å². The number of nitrogens with two attached hydrogens (primary N) is 1. The van der Waals surface area contributed by atoms with E-state index in [1.165, 1.54) is 0 Å². The number of nitrogen functional groups attached to an aromatic ring is 1. The van der Waals surface area contributed by atoms with Crippen LogP contribution in [0.5, 0.6) is 5.75 Å². The van der Waals surface area contributed by atoms with Gasteiger partial charge in [0.25, 0.3) is 0 Å². The summed E-state index contributed by atoms with van der Waals surface area (Å²) < 4.78 is 15.7. The molecule has 5 atom stereocenters. The summed E-state index contributed by atoms with van der Waals surface area (Å²) in [7, 11) is 0. The first-order valence-corrected chi connectivity index (χ1v) is 6.88. The molecule has 5 N–H and O–H groups in total. The average molecular weight is 328 g/mol. The molecule has 0 unspecified atom stereocenters. The number of aliphatic hydroxyl groups excluding tert-OH is 3. The van der Waals surface area contributed by atoms with Gasteiger partial charge in [-0.3, -0.25) is 0 Å². The van der Waals surface area contributed by atoms with Crippen LogP contribution in [0.25, 0.3) is 0 Å². The van der Waals surface area contributed by atoms with Crippen molar-refractivity contribution >= 4 is 11.7 Å². The molecule has 1 fully saturated rings. The number of anilines is 1.